The minimum Gasteiger partial charge on any atom is -0.465 e. The number of ether oxygens (including phenoxy) is 1. The Labute approximate surface area is 251 Å². The van der Waals surface area contributed by atoms with Gasteiger partial charge in [0, 0.05) is 39.5 Å². The van der Waals surface area contributed by atoms with Crippen molar-refractivity contribution in [2.75, 3.05) is 31.6 Å². The summed E-state index contributed by atoms with van der Waals surface area (Å²) in [4.78, 5) is 24.7. The van der Waals surface area contributed by atoms with Crippen molar-refractivity contribution in [3.05, 3.63) is 104 Å². The summed E-state index contributed by atoms with van der Waals surface area (Å²) in [7, 11) is 0. The molecule has 13 heteroatoms. The third-order valence-electron chi connectivity index (χ3n) is 7.21. The van der Waals surface area contributed by atoms with E-state index in [9.17, 15) is 15.0 Å². The second kappa shape index (κ2) is 12.7. The van der Waals surface area contributed by atoms with Crippen molar-refractivity contribution in [2.24, 2.45) is 5.11 Å². The maximum Gasteiger partial charge on any atom is 0.407 e. The Balaban J connectivity index is 1.59. The summed E-state index contributed by atoms with van der Waals surface area (Å²) < 4.78 is 5.67. The number of azide groups is 1. The number of nitrogens with zero attached hydrogens (tertiary/aromatic N) is 6. The van der Waals surface area contributed by atoms with Crippen molar-refractivity contribution in [3.63, 3.8) is 0 Å². The number of anilines is 1. The van der Waals surface area contributed by atoms with Gasteiger partial charge in [-0.3, -0.25) is 0 Å². The molecule has 0 atom stereocenters. The number of rotatable bonds is 9. The van der Waals surface area contributed by atoms with Gasteiger partial charge in [0.25, 0.3) is 0 Å². The van der Waals surface area contributed by atoms with Crippen LogP contribution in [0.1, 0.15) is 29.5 Å². The zero-order valence-corrected chi connectivity index (χ0v) is 23.8. The summed E-state index contributed by atoms with van der Waals surface area (Å²) in [5, 5.41) is 30.4. The molecule has 2 heterocycles. The van der Waals surface area contributed by atoms with E-state index < -0.39 is 11.7 Å². The van der Waals surface area contributed by atoms with Crippen molar-refractivity contribution in [1.82, 2.24) is 14.9 Å². The average Bonchev–Trinajstić information content (AvgIpc) is 3.00. The second-order valence-corrected chi connectivity index (χ2v) is 10.7. The molecule has 0 aliphatic carbocycles. The fourth-order valence-corrected chi connectivity index (χ4v) is 5.27. The minimum atomic E-state index is -1.57. The van der Waals surface area contributed by atoms with Gasteiger partial charge in [-0.25, -0.2) is 4.79 Å². The Hall–Kier alpha value is -4.28. The smallest absolute Gasteiger partial charge is 0.407 e. The summed E-state index contributed by atoms with van der Waals surface area (Å²) in [6.45, 7) is 0.993. The summed E-state index contributed by atoms with van der Waals surface area (Å²) in [6, 6.07) is 19.4. The lowest BCUT2D eigenvalue weighted by molar-refractivity contribution is 0.126. The van der Waals surface area contributed by atoms with E-state index in [-0.39, 0.29) is 25.2 Å². The molecule has 3 N–H and O–H groups in total. The highest BCUT2D eigenvalue weighted by atomic mass is 35.5. The Morgan fingerprint density at radius 3 is 2.19 bits per heavy atom. The van der Waals surface area contributed by atoms with E-state index in [4.69, 9.17) is 33.5 Å². The summed E-state index contributed by atoms with van der Waals surface area (Å²) in [5.74, 6) is 0.476. The second-order valence-electron chi connectivity index (χ2n) is 9.80. The maximum absolute atomic E-state index is 12.4. The van der Waals surface area contributed by atoms with Gasteiger partial charge in [0.1, 0.15) is 11.4 Å². The highest BCUT2D eigenvalue weighted by molar-refractivity contribution is 6.30. The molecule has 1 aromatic heterocycles. The van der Waals surface area contributed by atoms with Crippen molar-refractivity contribution in [1.29, 1.82) is 0 Å². The van der Waals surface area contributed by atoms with Crippen LogP contribution in [0.25, 0.3) is 21.3 Å². The van der Waals surface area contributed by atoms with Gasteiger partial charge in [0.05, 0.1) is 18.7 Å². The molecule has 0 radical (unpaired) electrons. The number of piperidine rings is 1. The van der Waals surface area contributed by atoms with Crippen LogP contribution >= 0.6 is 23.2 Å². The number of nitrogens with one attached hydrogen (secondary N) is 1. The van der Waals surface area contributed by atoms with Gasteiger partial charge in [0.2, 0.25) is 0 Å². The Morgan fingerprint density at radius 2 is 1.62 bits per heavy atom. The standard InChI is InChI=1S/C29H27Cl2N7O4/c30-21-6-1-18(2-7-21)29(41,19-3-8-22(31)9-4-19)20-5-10-25-24(17-20)26(36-27(35-25)42-16-13-33-37-32)34-23-11-14-38(15-12-23)28(39)40/h1-10,17,23,41H,11-16H2,(H,39,40)(H,34,35,36). The normalized spacial score (nSPS) is 13.9. The quantitative estimate of drug-likeness (QED) is 0.0647. The van der Waals surface area contributed by atoms with Gasteiger partial charge in [-0.1, -0.05) is 58.6 Å². The Bertz CT molecular complexity index is 1580. The van der Waals surface area contributed by atoms with Crippen molar-refractivity contribution < 1.29 is 19.7 Å². The molecule has 11 nitrogen and oxygen atoms in total. The van der Waals surface area contributed by atoms with Crippen LogP contribution in [0.2, 0.25) is 10.0 Å². The van der Waals surface area contributed by atoms with E-state index >= 15 is 0 Å². The number of hydrogen-bond donors (Lipinski definition) is 3. The molecule has 0 saturated carbocycles. The first kappa shape index (κ1) is 29.2. The van der Waals surface area contributed by atoms with Gasteiger partial charge in [-0.05, 0) is 71.5 Å². The molecule has 0 spiro atoms. The first-order chi connectivity index (χ1) is 20.3. The van der Waals surface area contributed by atoms with E-state index in [1.807, 2.05) is 6.07 Å². The number of amides is 1. The molecular weight excluding hydrogens is 581 g/mol. The predicted molar refractivity (Wildman–Crippen MR) is 160 cm³/mol. The molecule has 216 valence electrons. The van der Waals surface area contributed by atoms with Crippen LogP contribution in [-0.4, -0.2) is 63.5 Å². The van der Waals surface area contributed by atoms with Crippen LogP contribution in [0.15, 0.2) is 71.8 Å². The van der Waals surface area contributed by atoms with Crippen molar-refractivity contribution >= 4 is 46.0 Å². The van der Waals surface area contributed by atoms with Gasteiger partial charge < -0.3 is 25.2 Å². The number of aliphatic hydroxyl groups is 1. The van der Waals surface area contributed by atoms with E-state index in [0.29, 0.717) is 69.4 Å². The van der Waals surface area contributed by atoms with Crippen LogP contribution in [0, 0.1) is 0 Å². The number of carboxylic acid groups (broad SMARTS) is 1. The van der Waals surface area contributed by atoms with Crippen molar-refractivity contribution in [3.8, 4) is 6.01 Å². The number of hydrogen-bond acceptors (Lipinski definition) is 7. The van der Waals surface area contributed by atoms with Gasteiger partial charge in [0.15, 0.2) is 0 Å². The number of carbonyl (C=O) groups is 1. The molecule has 5 rings (SSSR count). The molecule has 3 aromatic carbocycles. The monoisotopic (exact) mass is 607 g/mol. The Kier molecular flexibility index (Phi) is 8.84. The number of benzene rings is 3. The van der Waals surface area contributed by atoms with Crippen LogP contribution in [0.4, 0.5) is 10.6 Å². The highest BCUT2D eigenvalue weighted by Crippen LogP contribution is 2.39. The third-order valence-corrected chi connectivity index (χ3v) is 7.71. The third kappa shape index (κ3) is 6.29. The van der Waals surface area contributed by atoms with E-state index in [1.165, 1.54) is 4.90 Å². The molecule has 0 unspecified atom stereocenters. The highest BCUT2D eigenvalue weighted by Gasteiger charge is 2.34. The first-order valence-electron chi connectivity index (χ1n) is 13.2. The maximum atomic E-state index is 12.4. The fourth-order valence-electron chi connectivity index (χ4n) is 5.02. The molecule has 1 fully saturated rings. The lowest BCUT2D eigenvalue weighted by Crippen LogP contribution is -2.41. The van der Waals surface area contributed by atoms with Crippen LogP contribution in [-0.2, 0) is 5.60 Å². The molecule has 1 amide bonds. The largest absolute Gasteiger partial charge is 0.465 e. The lowest BCUT2D eigenvalue weighted by Gasteiger charge is -2.32. The molecule has 42 heavy (non-hydrogen) atoms. The average molecular weight is 608 g/mol. The zero-order chi connectivity index (χ0) is 29.7. The summed E-state index contributed by atoms with van der Waals surface area (Å²) >= 11 is 12.3. The predicted octanol–water partition coefficient (Wildman–Crippen LogP) is 6.46. The molecule has 4 aromatic rings. The van der Waals surface area contributed by atoms with Gasteiger partial charge >= 0.3 is 12.1 Å². The van der Waals surface area contributed by atoms with E-state index in [1.54, 1.807) is 60.7 Å². The topological polar surface area (TPSA) is 157 Å². The zero-order valence-electron chi connectivity index (χ0n) is 22.3. The number of fused-ring (bicyclic) bond motifs is 1. The molecule has 1 aliphatic heterocycles. The molecule has 0 bridgehead atoms. The fraction of sp³-hybridized carbons (Fsp3) is 0.276. The van der Waals surface area contributed by atoms with Crippen LogP contribution in [0.3, 0.4) is 0 Å². The SMILES string of the molecule is [N-]=[N+]=NCCOc1nc(NC2CCN(C(=O)O)CC2)c2cc(C(O)(c3ccc(Cl)cc3)c3ccc(Cl)cc3)ccc2n1. The van der Waals surface area contributed by atoms with Crippen LogP contribution in [0.5, 0.6) is 6.01 Å². The Morgan fingerprint density at radius 1 is 1.02 bits per heavy atom. The molecule has 1 saturated heterocycles. The number of likely N-dealkylation sites (tertiary alicyclic amines) is 1. The first-order valence-corrected chi connectivity index (χ1v) is 14.0. The number of halogens is 2. The summed E-state index contributed by atoms with van der Waals surface area (Å²) in [6.07, 6.45) is 0.235. The van der Waals surface area contributed by atoms with Gasteiger partial charge in [-0.15, -0.1) is 0 Å². The molecular formula is C29H27Cl2N7O4. The number of aromatic nitrogens is 2. The van der Waals surface area contributed by atoms with E-state index in [0.717, 1.165) is 0 Å². The van der Waals surface area contributed by atoms with Crippen LogP contribution < -0.4 is 10.1 Å². The van der Waals surface area contributed by atoms with E-state index in [2.05, 4.69) is 25.3 Å². The molecule has 1 aliphatic rings. The minimum absolute atomic E-state index is 0.0511. The van der Waals surface area contributed by atoms with Crippen molar-refractivity contribution in [2.45, 2.75) is 24.5 Å². The summed E-state index contributed by atoms with van der Waals surface area (Å²) in [5.41, 5.74) is 9.31. The van der Waals surface area contributed by atoms with Gasteiger partial charge in [-0.2, -0.15) is 9.97 Å². The lowest BCUT2D eigenvalue weighted by atomic mass is 9.80.